The van der Waals surface area contributed by atoms with Gasteiger partial charge in [0.05, 0.1) is 31.6 Å². The van der Waals surface area contributed by atoms with Crippen LogP contribution in [-0.2, 0) is 9.53 Å². The average molecular weight is 498 g/mol. The summed E-state index contributed by atoms with van der Waals surface area (Å²) in [6.07, 6.45) is 8.13. The first-order valence-electron chi connectivity index (χ1n) is 12.6. The van der Waals surface area contributed by atoms with Crippen LogP contribution in [0.15, 0.2) is 90.7 Å². The number of aliphatic hydroxyl groups excluding tert-OH is 1. The first kappa shape index (κ1) is 24.7. The molecule has 0 radical (unpaired) electrons. The Morgan fingerprint density at radius 3 is 2.57 bits per heavy atom. The third-order valence-electron chi connectivity index (χ3n) is 6.61. The first-order chi connectivity index (χ1) is 18.2. The summed E-state index contributed by atoms with van der Waals surface area (Å²) in [4.78, 5) is 24.2. The van der Waals surface area contributed by atoms with E-state index >= 15 is 0 Å². The quantitative estimate of drug-likeness (QED) is 0.434. The minimum Gasteiger partial charge on any atom is -0.394 e. The fourth-order valence-electron chi connectivity index (χ4n) is 4.52. The smallest absolute Gasteiger partial charge is 0.251 e. The van der Waals surface area contributed by atoms with Gasteiger partial charge in [-0.1, -0.05) is 48.6 Å². The highest BCUT2D eigenvalue weighted by atomic mass is 16.5. The number of rotatable bonds is 8. The van der Waals surface area contributed by atoms with Crippen molar-refractivity contribution in [2.45, 2.75) is 18.4 Å². The highest BCUT2D eigenvalue weighted by Crippen LogP contribution is 2.27. The molecular formula is C29H31N5O3. The second kappa shape index (κ2) is 11.8. The number of hydrogen-bond acceptors (Lipinski definition) is 7. The molecule has 0 bridgehead atoms. The lowest BCUT2D eigenvalue weighted by molar-refractivity contribution is -0.118. The molecule has 1 aromatic heterocycles. The molecule has 1 unspecified atom stereocenters. The second-order valence-electron chi connectivity index (χ2n) is 9.06. The summed E-state index contributed by atoms with van der Waals surface area (Å²) in [5.74, 6) is 0.376. The number of amides is 1. The summed E-state index contributed by atoms with van der Waals surface area (Å²) in [5, 5.41) is 16.0. The number of ether oxygens (including phenoxy) is 1. The molecule has 2 aliphatic rings. The van der Waals surface area contributed by atoms with Crippen molar-refractivity contribution in [2.75, 3.05) is 43.1 Å². The first-order valence-corrected chi connectivity index (χ1v) is 12.6. The predicted molar refractivity (Wildman–Crippen MR) is 144 cm³/mol. The number of aliphatic hydroxyl groups is 1. The third-order valence-corrected chi connectivity index (χ3v) is 6.61. The zero-order chi connectivity index (χ0) is 25.5. The van der Waals surface area contributed by atoms with Crippen molar-refractivity contribution in [3.63, 3.8) is 0 Å². The molecule has 2 atom stereocenters. The van der Waals surface area contributed by atoms with Crippen molar-refractivity contribution >= 4 is 23.2 Å². The molecule has 0 spiro atoms. The van der Waals surface area contributed by atoms with E-state index in [2.05, 4.69) is 32.7 Å². The second-order valence-corrected chi connectivity index (χ2v) is 9.06. The Morgan fingerprint density at radius 2 is 1.86 bits per heavy atom. The van der Waals surface area contributed by atoms with Crippen LogP contribution in [0.25, 0.3) is 0 Å². The summed E-state index contributed by atoms with van der Waals surface area (Å²) in [5.41, 5.74) is 4.43. The highest BCUT2D eigenvalue weighted by Gasteiger charge is 2.20. The van der Waals surface area contributed by atoms with Gasteiger partial charge in [0.25, 0.3) is 5.91 Å². The molecule has 5 rings (SSSR count). The lowest BCUT2D eigenvalue weighted by Gasteiger charge is -2.28. The summed E-state index contributed by atoms with van der Waals surface area (Å²) in [6, 6.07) is 19.2. The van der Waals surface area contributed by atoms with Gasteiger partial charge in [0.15, 0.2) is 0 Å². The maximum Gasteiger partial charge on any atom is 0.251 e. The number of anilines is 3. The molecule has 1 aliphatic carbocycles. The fraction of sp³-hybridized carbons (Fsp3) is 0.276. The molecule has 2 heterocycles. The molecule has 3 aromatic rings. The van der Waals surface area contributed by atoms with Gasteiger partial charge in [-0.05, 0) is 42.3 Å². The van der Waals surface area contributed by atoms with Crippen molar-refractivity contribution in [1.29, 1.82) is 0 Å². The van der Waals surface area contributed by atoms with Crippen LogP contribution in [0, 0.1) is 0 Å². The van der Waals surface area contributed by atoms with E-state index < -0.39 is 6.04 Å². The standard InChI is InChI=1S/C29H31N5O3/c35-20-27(21-4-2-1-3-5-21)32-28(36)23-8-6-22(7-9-23)26-14-15-30-29(33-26)31-24-10-12-25(13-11-24)34-16-18-37-19-17-34/h1-6,8-15,22,27,35H,7,16-20H2,(H,32,36)(H,30,31,33)/t22?,27-/m0/s1. The Hall–Kier alpha value is -4.01. The van der Waals surface area contributed by atoms with Gasteiger partial charge >= 0.3 is 0 Å². The number of nitrogens with one attached hydrogen (secondary N) is 2. The molecule has 190 valence electrons. The minimum atomic E-state index is -0.445. The van der Waals surface area contributed by atoms with Crippen LogP contribution in [0.4, 0.5) is 17.3 Å². The monoisotopic (exact) mass is 497 g/mol. The molecule has 1 amide bonds. The Morgan fingerprint density at radius 1 is 1.08 bits per heavy atom. The minimum absolute atomic E-state index is 0.0477. The van der Waals surface area contributed by atoms with E-state index in [0.717, 1.165) is 43.2 Å². The van der Waals surface area contributed by atoms with Gasteiger partial charge in [-0.15, -0.1) is 0 Å². The van der Waals surface area contributed by atoms with Gasteiger partial charge in [-0.3, -0.25) is 4.79 Å². The number of aromatic nitrogens is 2. The van der Waals surface area contributed by atoms with Crippen LogP contribution < -0.4 is 15.5 Å². The van der Waals surface area contributed by atoms with Crippen LogP contribution in [0.1, 0.15) is 29.6 Å². The van der Waals surface area contributed by atoms with Crippen molar-refractivity contribution in [1.82, 2.24) is 15.3 Å². The molecule has 8 heteroatoms. The number of nitrogens with zero attached hydrogens (tertiary/aromatic N) is 3. The highest BCUT2D eigenvalue weighted by molar-refractivity contribution is 5.96. The number of carbonyl (C=O) groups excluding carboxylic acids is 1. The normalized spacial score (nSPS) is 18.1. The van der Waals surface area contributed by atoms with E-state index in [1.54, 1.807) is 6.20 Å². The fourth-order valence-corrected chi connectivity index (χ4v) is 4.52. The topological polar surface area (TPSA) is 99.6 Å². The largest absolute Gasteiger partial charge is 0.394 e. The summed E-state index contributed by atoms with van der Waals surface area (Å²) >= 11 is 0. The van der Waals surface area contributed by atoms with Gasteiger partial charge in [0, 0.05) is 42.2 Å². The number of morpholine rings is 1. The molecule has 3 N–H and O–H groups in total. The van der Waals surface area contributed by atoms with Gasteiger partial charge in [0.1, 0.15) is 0 Å². The van der Waals surface area contributed by atoms with Crippen LogP contribution in [-0.4, -0.2) is 53.9 Å². The van der Waals surface area contributed by atoms with E-state index in [9.17, 15) is 9.90 Å². The van der Waals surface area contributed by atoms with E-state index in [0.29, 0.717) is 17.9 Å². The Kier molecular flexibility index (Phi) is 7.88. The Bertz CT molecular complexity index is 1250. The van der Waals surface area contributed by atoms with Crippen LogP contribution >= 0.6 is 0 Å². The summed E-state index contributed by atoms with van der Waals surface area (Å²) in [7, 11) is 0. The molecule has 37 heavy (non-hydrogen) atoms. The van der Waals surface area contributed by atoms with E-state index in [1.165, 1.54) is 5.69 Å². The van der Waals surface area contributed by atoms with Crippen molar-refractivity contribution in [3.8, 4) is 0 Å². The maximum absolute atomic E-state index is 12.8. The maximum atomic E-state index is 12.8. The zero-order valence-corrected chi connectivity index (χ0v) is 20.6. The Balaban J connectivity index is 1.19. The van der Waals surface area contributed by atoms with Crippen LogP contribution in [0.3, 0.4) is 0 Å². The van der Waals surface area contributed by atoms with Crippen LogP contribution in [0.5, 0.6) is 0 Å². The molecule has 1 saturated heterocycles. The predicted octanol–water partition coefficient (Wildman–Crippen LogP) is 3.88. The van der Waals surface area contributed by atoms with Gasteiger partial charge in [0.2, 0.25) is 5.95 Å². The van der Waals surface area contributed by atoms with Crippen molar-refractivity contribution < 1.29 is 14.6 Å². The number of carbonyl (C=O) groups is 1. The SMILES string of the molecule is O=C(N[C@@H](CO)c1ccccc1)C1=CCC(c2ccnc(Nc3ccc(N4CCOCC4)cc3)n2)C=C1. The molecular weight excluding hydrogens is 466 g/mol. The molecule has 0 saturated carbocycles. The van der Waals surface area contributed by atoms with E-state index in [-0.39, 0.29) is 18.4 Å². The van der Waals surface area contributed by atoms with E-state index in [1.807, 2.05) is 66.8 Å². The number of benzene rings is 2. The van der Waals surface area contributed by atoms with Crippen molar-refractivity contribution in [2.24, 2.45) is 0 Å². The van der Waals surface area contributed by atoms with Gasteiger partial charge in [-0.25, -0.2) is 9.97 Å². The molecule has 1 fully saturated rings. The van der Waals surface area contributed by atoms with Crippen LogP contribution in [0.2, 0.25) is 0 Å². The molecule has 1 aliphatic heterocycles. The summed E-state index contributed by atoms with van der Waals surface area (Å²) < 4.78 is 5.43. The molecule has 2 aromatic carbocycles. The Labute approximate surface area is 216 Å². The average Bonchev–Trinajstić information content (AvgIpc) is 2.97. The number of allylic oxidation sites excluding steroid dienone is 2. The summed E-state index contributed by atoms with van der Waals surface area (Å²) in [6.45, 7) is 3.16. The molecule has 8 nitrogen and oxygen atoms in total. The van der Waals surface area contributed by atoms with Gasteiger partial charge < -0.3 is 25.4 Å². The van der Waals surface area contributed by atoms with E-state index in [4.69, 9.17) is 9.72 Å². The van der Waals surface area contributed by atoms with Gasteiger partial charge in [-0.2, -0.15) is 0 Å². The van der Waals surface area contributed by atoms with Crippen molar-refractivity contribution in [3.05, 3.63) is 102 Å². The third kappa shape index (κ3) is 6.22. The lowest BCUT2D eigenvalue weighted by Crippen LogP contribution is -2.36. The zero-order valence-electron chi connectivity index (χ0n) is 20.6. The lowest BCUT2D eigenvalue weighted by atomic mass is 9.93. The number of hydrogen-bond donors (Lipinski definition) is 3.